The Balaban J connectivity index is 1.56. The Morgan fingerprint density at radius 2 is 2.16 bits per heavy atom. The van der Waals surface area contributed by atoms with Gasteiger partial charge in [-0.3, -0.25) is 19.2 Å². The van der Waals surface area contributed by atoms with Crippen molar-refractivity contribution in [2.45, 2.75) is 19.9 Å². The van der Waals surface area contributed by atoms with Crippen LogP contribution in [0.1, 0.15) is 32.9 Å². The molecule has 3 heterocycles. The number of halogens is 1. The van der Waals surface area contributed by atoms with Crippen LogP contribution in [-0.4, -0.2) is 60.7 Å². The number of carbonyl (C=O) groups is 3. The lowest BCUT2D eigenvalue weighted by molar-refractivity contribution is -0.164. The van der Waals surface area contributed by atoms with Crippen LogP contribution in [0.15, 0.2) is 18.2 Å². The number of aromatic amines is 1. The number of nitrogens with zero attached hydrogens (tertiary/aromatic N) is 1. The minimum Gasteiger partial charge on any atom is -0.383 e. The standard InChI is InChI=1S/C22H23FN4O5/c1-11-17(9-15-14-8-13(23)4-5-16(14)25-20(15)28)24-12(2)19(11)21(29)26-18-10-32-27(22(18)30)6-7-31-3/h4-5,8-9,18,24H,6-7,10H2,1-3H3,(H,25,28)(H,26,29)/t18-/m0/s1. The number of hydrogen-bond acceptors (Lipinski definition) is 5. The van der Waals surface area contributed by atoms with Crippen molar-refractivity contribution in [2.75, 3.05) is 32.2 Å². The summed E-state index contributed by atoms with van der Waals surface area (Å²) in [4.78, 5) is 46.2. The molecule has 1 aromatic carbocycles. The average molecular weight is 442 g/mol. The summed E-state index contributed by atoms with van der Waals surface area (Å²) in [5.74, 6) is -1.58. The van der Waals surface area contributed by atoms with E-state index in [2.05, 4.69) is 15.6 Å². The normalized spacial score (nSPS) is 18.9. The molecule has 0 saturated carbocycles. The van der Waals surface area contributed by atoms with Gasteiger partial charge in [0, 0.05) is 29.7 Å². The second-order valence-corrected chi connectivity index (χ2v) is 7.62. The molecule has 10 heteroatoms. The lowest BCUT2D eigenvalue weighted by Crippen LogP contribution is -2.43. The molecule has 9 nitrogen and oxygen atoms in total. The van der Waals surface area contributed by atoms with E-state index in [1.165, 1.54) is 30.4 Å². The largest absolute Gasteiger partial charge is 0.383 e. The summed E-state index contributed by atoms with van der Waals surface area (Å²) in [5.41, 5.74) is 3.38. The van der Waals surface area contributed by atoms with E-state index in [1.807, 2.05) is 0 Å². The predicted octanol–water partition coefficient (Wildman–Crippen LogP) is 1.78. The summed E-state index contributed by atoms with van der Waals surface area (Å²) in [6, 6.07) is 3.27. The van der Waals surface area contributed by atoms with E-state index in [1.54, 1.807) is 19.9 Å². The highest BCUT2D eigenvalue weighted by Gasteiger charge is 2.35. The van der Waals surface area contributed by atoms with Gasteiger partial charge in [-0.15, -0.1) is 0 Å². The van der Waals surface area contributed by atoms with Gasteiger partial charge in [0.25, 0.3) is 17.7 Å². The van der Waals surface area contributed by atoms with Gasteiger partial charge in [0.15, 0.2) is 0 Å². The quantitative estimate of drug-likeness (QED) is 0.591. The monoisotopic (exact) mass is 442 g/mol. The zero-order valence-corrected chi connectivity index (χ0v) is 17.9. The second-order valence-electron chi connectivity index (χ2n) is 7.62. The zero-order chi connectivity index (χ0) is 23.0. The van der Waals surface area contributed by atoms with E-state index in [0.29, 0.717) is 45.9 Å². The lowest BCUT2D eigenvalue weighted by Gasteiger charge is -2.14. The van der Waals surface area contributed by atoms with Crippen LogP contribution in [0, 0.1) is 19.7 Å². The van der Waals surface area contributed by atoms with Gasteiger partial charge in [0.1, 0.15) is 18.5 Å². The number of ether oxygens (including phenoxy) is 1. The molecule has 0 bridgehead atoms. The Bertz CT molecular complexity index is 1140. The van der Waals surface area contributed by atoms with E-state index in [0.717, 1.165) is 0 Å². The van der Waals surface area contributed by atoms with Crippen LogP contribution in [0.25, 0.3) is 11.6 Å². The van der Waals surface area contributed by atoms with Crippen molar-refractivity contribution < 1.29 is 28.3 Å². The number of rotatable bonds is 6. The molecule has 0 unspecified atom stereocenters. The highest BCUT2D eigenvalue weighted by Crippen LogP contribution is 2.34. The average Bonchev–Trinajstić information content (AvgIpc) is 3.35. The topological polar surface area (TPSA) is 113 Å². The third-order valence-electron chi connectivity index (χ3n) is 5.50. The van der Waals surface area contributed by atoms with Gasteiger partial charge in [-0.2, -0.15) is 0 Å². The minimum atomic E-state index is -0.801. The first-order valence-electron chi connectivity index (χ1n) is 10.1. The molecule has 0 spiro atoms. The minimum absolute atomic E-state index is 0.0379. The molecule has 1 atom stereocenters. The van der Waals surface area contributed by atoms with Crippen LogP contribution in [0.5, 0.6) is 0 Å². The molecule has 3 N–H and O–H groups in total. The number of H-pyrrole nitrogens is 1. The number of amides is 3. The smallest absolute Gasteiger partial charge is 0.271 e. The second kappa shape index (κ2) is 8.56. The number of methoxy groups -OCH3 is 1. The summed E-state index contributed by atoms with van der Waals surface area (Å²) >= 11 is 0. The van der Waals surface area contributed by atoms with Crippen LogP contribution < -0.4 is 10.6 Å². The maximum absolute atomic E-state index is 13.7. The Morgan fingerprint density at radius 1 is 1.38 bits per heavy atom. The first-order valence-corrected chi connectivity index (χ1v) is 10.1. The first-order chi connectivity index (χ1) is 15.3. The van der Waals surface area contributed by atoms with Crippen LogP contribution in [-0.2, 0) is 19.2 Å². The Morgan fingerprint density at radius 3 is 2.91 bits per heavy atom. The number of aromatic nitrogens is 1. The molecular formula is C22H23FN4O5. The highest BCUT2D eigenvalue weighted by molar-refractivity contribution is 6.34. The fourth-order valence-electron chi connectivity index (χ4n) is 3.86. The van der Waals surface area contributed by atoms with E-state index < -0.39 is 17.8 Å². The molecule has 0 radical (unpaired) electrons. The lowest BCUT2D eigenvalue weighted by atomic mass is 10.0. The molecular weight excluding hydrogens is 419 g/mol. The Kier molecular flexibility index (Phi) is 5.81. The number of anilines is 1. The first kappa shape index (κ1) is 21.7. The summed E-state index contributed by atoms with van der Waals surface area (Å²) in [7, 11) is 1.52. The summed E-state index contributed by atoms with van der Waals surface area (Å²) < 4.78 is 18.6. The summed E-state index contributed by atoms with van der Waals surface area (Å²) in [6.07, 6.45) is 1.59. The van der Waals surface area contributed by atoms with Gasteiger partial charge in [-0.1, -0.05) is 0 Å². The van der Waals surface area contributed by atoms with E-state index in [4.69, 9.17) is 9.57 Å². The molecule has 4 rings (SSSR count). The van der Waals surface area contributed by atoms with Crippen molar-refractivity contribution in [3.05, 3.63) is 52.1 Å². The maximum Gasteiger partial charge on any atom is 0.271 e. The number of fused-ring (bicyclic) bond motifs is 1. The maximum atomic E-state index is 13.7. The number of hydrogen-bond donors (Lipinski definition) is 3. The molecule has 1 saturated heterocycles. The number of hydroxylamine groups is 2. The van der Waals surface area contributed by atoms with Gasteiger partial charge in [-0.05, 0) is 43.7 Å². The molecule has 3 amide bonds. The van der Waals surface area contributed by atoms with Gasteiger partial charge >= 0.3 is 0 Å². The predicted molar refractivity (Wildman–Crippen MR) is 114 cm³/mol. The SMILES string of the molecule is COCCN1OC[C@H](NC(=O)c2c(C)[nH]c(C=C3C(=O)Nc4ccc(F)cc43)c2C)C1=O. The number of aryl methyl sites for hydroxylation is 1. The van der Waals surface area contributed by atoms with Crippen LogP contribution in [0.2, 0.25) is 0 Å². The van der Waals surface area contributed by atoms with Crippen LogP contribution in [0.4, 0.5) is 10.1 Å². The molecule has 0 aliphatic carbocycles. The van der Waals surface area contributed by atoms with Crippen molar-refractivity contribution in [1.82, 2.24) is 15.4 Å². The third kappa shape index (κ3) is 3.90. The molecule has 168 valence electrons. The number of carbonyl (C=O) groups excluding carboxylic acids is 3. The van der Waals surface area contributed by atoms with Gasteiger partial charge in [0.05, 0.1) is 24.3 Å². The molecule has 2 aromatic rings. The fraction of sp³-hybridized carbons (Fsp3) is 0.318. The van der Waals surface area contributed by atoms with Gasteiger partial charge in [-0.25, -0.2) is 9.45 Å². The van der Waals surface area contributed by atoms with Crippen molar-refractivity contribution in [3.8, 4) is 0 Å². The van der Waals surface area contributed by atoms with Crippen molar-refractivity contribution in [2.24, 2.45) is 0 Å². The van der Waals surface area contributed by atoms with E-state index >= 15 is 0 Å². The van der Waals surface area contributed by atoms with Gasteiger partial charge in [0.2, 0.25) is 0 Å². The summed E-state index contributed by atoms with van der Waals surface area (Å²) in [5, 5.41) is 6.58. The summed E-state index contributed by atoms with van der Waals surface area (Å²) in [6.45, 7) is 4.09. The Hall–Kier alpha value is -3.50. The van der Waals surface area contributed by atoms with Crippen LogP contribution in [0.3, 0.4) is 0 Å². The van der Waals surface area contributed by atoms with Crippen molar-refractivity contribution >= 4 is 35.1 Å². The van der Waals surface area contributed by atoms with Gasteiger partial charge < -0.3 is 20.4 Å². The molecule has 1 aromatic heterocycles. The number of nitrogens with one attached hydrogen (secondary N) is 3. The van der Waals surface area contributed by atoms with Crippen LogP contribution >= 0.6 is 0 Å². The fourth-order valence-corrected chi connectivity index (χ4v) is 3.86. The van der Waals surface area contributed by atoms with E-state index in [9.17, 15) is 18.8 Å². The third-order valence-corrected chi connectivity index (χ3v) is 5.50. The molecule has 2 aliphatic rings. The molecule has 2 aliphatic heterocycles. The van der Waals surface area contributed by atoms with E-state index in [-0.39, 0.29) is 25.0 Å². The highest BCUT2D eigenvalue weighted by atomic mass is 19.1. The molecule has 1 fully saturated rings. The zero-order valence-electron chi connectivity index (χ0n) is 17.9. The van der Waals surface area contributed by atoms with Crippen molar-refractivity contribution in [3.63, 3.8) is 0 Å². The number of benzene rings is 1. The van der Waals surface area contributed by atoms with Crippen molar-refractivity contribution in [1.29, 1.82) is 0 Å². The Labute approximate surface area is 183 Å². The molecule has 32 heavy (non-hydrogen) atoms.